The van der Waals surface area contributed by atoms with Crippen molar-refractivity contribution >= 4 is 15.7 Å². The van der Waals surface area contributed by atoms with Gasteiger partial charge in [-0.05, 0) is 18.9 Å². The molecule has 2 aliphatic rings. The lowest BCUT2D eigenvalue weighted by Gasteiger charge is -2.39. The van der Waals surface area contributed by atoms with E-state index in [1.807, 2.05) is 4.90 Å². The SMILES string of the molecule is CC(=O)N1CCN([C@@H]2CN(CCCS(C)(=O)=O)C[C@@H]2C)CC1. The summed E-state index contributed by atoms with van der Waals surface area (Å²) >= 11 is 0. The molecule has 0 spiro atoms. The molecular weight excluding hydrogens is 302 g/mol. The lowest BCUT2D eigenvalue weighted by atomic mass is 10.0. The Morgan fingerprint density at radius 2 is 1.77 bits per heavy atom. The first kappa shape index (κ1) is 17.7. The minimum Gasteiger partial charge on any atom is -0.340 e. The summed E-state index contributed by atoms with van der Waals surface area (Å²) in [7, 11) is -2.85. The molecule has 2 atom stereocenters. The standard InChI is InChI=1S/C15H29N3O3S/c1-13-11-16(5-4-10-22(3,20)21)12-15(13)18-8-6-17(7-9-18)14(2)19/h13,15H,4-12H2,1-3H3/t13-,15+/m0/s1. The number of carbonyl (C=O) groups excluding carboxylic acids is 1. The van der Waals surface area contributed by atoms with Crippen molar-refractivity contribution in [1.29, 1.82) is 0 Å². The van der Waals surface area contributed by atoms with E-state index in [9.17, 15) is 13.2 Å². The highest BCUT2D eigenvalue weighted by Gasteiger charge is 2.35. The van der Waals surface area contributed by atoms with Crippen LogP contribution in [0, 0.1) is 5.92 Å². The van der Waals surface area contributed by atoms with Crippen LogP contribution in [0.2, 0.25) is 0 Å². The number of hydrogen-bond acceptors (Lipinski definition) is 5. The zero-order valence-corrected chi connectivity index (χ0v) is 14.8. The van der Waals surface area contributed by atoms with Crippen molar-refractivity contribution in [3.05, 3.63) is 0 Å². The number of sulfone groups is 1. The van der Waals surface area contributed by atoms with Gasteiger partial charge < -0.3 is 9.80 Å². The van der Waals surface area contributed by atoms with E-state index in [4.69, 9.17) is 0 Å². The number of likely N-dealkylation sites (tertiary alicyclic amines) is 1. The Bertz CT molecular complexity index is 486. The molecule has 0 unspecified atom stereocenters. The van der Waals surface area contributed by atoms with Gasteiger partial charge in [-0.15, -0.1) is 0 Å². The molecule has 6 nitrogen and oxygen atoms in total. The third-order valence-electron chi connectivity index (χ3n) is 4.87. The molecule has 128 valence electrons. The molecule has 2 saturated heterocycles. The van der Waals surface area contributed by atoms with Crippen LogP contribution in [0.4, 0.5) is 0 Å². The first-order valence-electron chi connectivity index (χ1n) is 8.16. The number of carbonyl (C=O) groups is 1. The van der Waals surface area contributed by atoms with Gasteiger partial charge in [-0.2, -0.15) is 0 Å². The second-order valence-corrected chi connectivity index (χ2v) is 9.09. The van der Waals surface area contributed by atoms with Crippen LogP contribution in [0.1, 0.15) is 20.3 Å². The average molecular weight is 331 g/mol. The second-order valence-electron chi connectivity index (χ2n) is 6.83. The molecule has 0 aliphatic carbocycles. The maximum atomic E-state index is 11.4. The molecule has 0 N–H and O–H groups in total. The smallest absolute Gasteiger partial charge is 0.219 e. The molecular formula is C15H29N3O3S. The van der Waals surface area contributed by atoms with Gasteiger partial charge in [-0.1, -0.05) is 6.92 Å². The summed E-state index contributed by atoms with van der Waals surface area (Å²) in [5, 5.41) is 0. The highest BCUT2D eigenvalue weighted by atomic mass is 32.2. The minimum atomic E-state index is -2.85. The molecule has 0 aromatic rings. The Kier molecular flexibility index (Phi) is 5.85. The molecule has 2 aliphatic heterocycles. The lowest BCUT2D eigenvalue weighted by Crippen LogP contribution is -2.53. The van der Waals surface area contributed by atoms with E-state index >= 15 is 0 Å². The largest absolute Gasteiger partial charge is 0.340 e. The summed E-state index contributed by atoms with van der Waals surface area (Å²) in [6.07, 6.45) is 2.02. The highest BCUT2D eigenvalue weighted by molar-refractivity contribution is 7.90. The molecule has 2 heterocycles. The third kappa shape index (κ3) is 4.93. The highest BCUT2D eigenvalue weighted by Crippen LogP contribution is 2.23. The molecule has 0 saturated carbocycles. The fraction of sp³-hybridized carbons (Fsp3) is 0.933. The van der Waals surface area contributed by atoms with Gasteiger partial charge in [0.1, 0.15) is 9.84 Å². The quantitative estimate of drug-likeness (QED) is 0.704. The summed E-state index contributed by atoms with van der Waals surface area (Å²) in [5.74, 6) is 1.04. The van der Waals surface area contributed by atoms with Gasteiger partial charge in [-0.3, -0.25) is 9.69 Å². The zero-order chi connectivity index (χ0) is 16.3. The van der Waals surface area contributed by atoms with Crippen molar-refractivity contribution in [1.82, 2.24) is 14.7 Å². The van der Waals surface area contributed by atoms with E-state index in [0.717, 1.165) is 52.2 Å². The lowest BCUT2D eigenvalue weighted by molar-refractivity contribution is -0.130. The Labute approximate surface area is 134 Å². The first-order valence-corrected chi connectivity index (χ1v) is 10.2. The number of piperazine rings is 1. The molecule has 7 heteroatoms. The molecule has 2 rings (SSSR count). The number of hydrogen-bond donors (Lipinski definition) is 0. The van der Waals surface area contributed by atoms with E-state index in [2.05, 4.69) is 16.7 Å². The van der Waals surface area contributed by atoms with Gasteiger partial charge in [0.2, 0.25) is 5.91 Å². The summed E-state index contributed by atoms with van der Waals surface area (Å²) in [6.45, 7) is 10.4. The predicted octanol–water partition coefficient (Wildman–Crippen LogP) is -0.0945. The van der Waals surface area contributed by atoms with Crippen LogP contribution in [-0.2, 0) is 14.6 Å². The third-order valence-corrected chi connectivity index (χ3v) is 5.90. The monoisotopic (exact) mass is 331 g/mol. The predicted molar refractivity (Wildman–Crippen MR) is 87.5 cm³/mol. The summed E-state index contributed by atoms with van der Waals surface area (Å²) in [5.41, 5.74) is 0. The zero-order valence-electron chi connectivity index (χ0n) is 14.0. The van der Waals surface area contributed by atoms with E-state index in [-0.39, 0.29) is 11.7 Å². The Hall–Kier alpha value is -0.660. The van der Waals surface area contributed by atoms with Gasteiger partial charge in [0, 0.05) is 58.5 Å². The van der Waals surface area contributed by atoms with E-state index in [1.165, 1.54) is 6.26 Å². The second kappa shape index (κ2) is 7.27. The van der Waals surface area contributed by atoms with Crippen molar-refractivity contribution in [3.8, 4) is 0 Å². The van der Waals surface area contributed by atoms with Crippen LogP contribution in [0.5, 0.6) is 0 Å². The molecule has 22 heavy (non-hydrogen) atoms. The summed E-state index contributed by atoms with van der Waals surface area (Å²) in [4.78, 5) is 18.2. The summed E-state index contributed by atoms with van der Waals surface area (Å²) in [6, 6.07) is 0.535. The van der Waals surface area contributed by atoms with E-state index in [0.29, 0.717) is 12.0 Å². The van der Waals surface area contributed by atoms with Crippen LogP contribution in [0.15, 0.2) is 0 Å². The normalized spacial score (nSPS) is 28.2. The maximum absolute atomic E-state index is 11.4. The van der Waals surface area contributed by atoms with Crippen molar-refractivity contribution in [2.75, 3.05) is 57.8 Å². The Morgan fingerprint density at radius 1 is 1.14 bits per heavy atom. The van der Waals surface area contributed by atoms with Gasteiger partial charge in [0.15, 0.2) is 0 Å². The molecule has 0 aromatic heterocycles. The van der Waals surface area contributed by atoms with Crippen molar-refractivity contribution in [3.63, 3.8) is 0 Å². The number of amides is 1. The fourth-order valence-electron chi connectivity index (χ4n) is 3.62. The van der Waals surface area contributed by atoms with Crippen molar-refractivity contribution in [2.24, 2.45) is 5.92 Å². The Morgan fingerprint density at radius 3 is 2.32 bits per heavy atom. The van der Waals surface area contributed by atoms with Crippen LogP contribution in [0.25, 0.3) is 0 Å². The van der Waals surface area contributed by atoms with Gasteiger partial charge in [0.05, 0.1) is 5.75 Å². The van der Waals surface area contributed by atoms with Crippen molar-refractivity contribution < 1.29 is 13.2 Å². The van der Waals surface area contributed by atoms with Gasteiger partial charge in [-0.25, -0.2) is 8.42 Å². The van der Waals surface area contributed by atoms with Crippen LogP contribution in [-0.4, -0.2) is 92.9 Å². The molecule has 0 aromatic carbocycles. The minimum absolute atomic E-state index is 0.168. The molecule has 0 radical (unpaired) electrons. The summed E-state index contributed by atoms with van der Waals surface area (Å²) < 4.78 is 22.4. The van der Waals surface area contributed by atoms with Crippen LogP contribution in [0.3, 0.4) is 0 Å². The molecule has 1 amide bonds. The van der Waals surface area contributed by atoms with Crippen LogP contribution >= 0.6 is 0 Å². The number of nitrogens with zero attached hydrogens (tertiary/aromatic N) is 3. The van der Waals surface area contributed by atoms with E-state index < -0.39 is 9.84 Å². The van der Waals surface area contributed by atoms with Gasteiger partial charge >= 0.3 is 0 Å². The van der Waals surface area contributed by atoms with E-state index in [1.54, 1.807) is 6.92 Å². The Balaban J connectivity index is 1.78. The van der Waals surface area contributed by atoms with Crippen molar-refractivity contribution in [2.45, 2.75) is 26.3 Å². The maximum Gasteiger partial charge on any atom is 0.219 e. The first-order chi connectivity index (χ1) is 10.3. The average Bonchev–Trinajstić information content (AvgIpc) is 2.78. The topological polar surface area (TPSA) is 60.9 Å². The number of rotatable bonds is 5. The van der Waals surface area contributed by atoms with Gasteiger partial charge in [0.25, 0.3) is 0 Å². The fourth-order valence-corrected chi connectivity index (χ4v) is 4.28. The molecule has 0 bridgehead atoms. The van der Waals surface area contributed by atoms with Crippen LogP contribution < -0.4 is 0 Å². The molecule has 2 fully saturated rings.